The summed E-state index contributed by atoms with van der Waals surface area (Å²) in [5.41, 5.74) is 2.39. The smallest absolute Gasteiger partial charge is 0.268 e. The van der Waals surface area contributed by atoms with Crippen LogP contribution in [0.3, 0.4) is 0 Å². The number of hydrogen-bond donors (Lipinski definition) is 0. The Hall–Kier alpha value is -2.38. The van der Waals surface area contributed by atoms with Crippen molar-refractivity contribution in [1.82, 2.24) is 8.87 Å². The third-order valence-electron chi connectivity index (χ3n) is 4.76. The van der Waals surface area contributed by atoms with Crippen LogP contribution in [0.4, 0.5) is 4.39 Å². The molecule has 0 saturated carbocycles. The van der Waals surface area contributed by atoms with Gasteiger partial charge in [-0.2, -0.15) is 0 Å². The highest BCUT2D eigenvalue weighted by molar-refractivity contribution is 7.90. The summed E-state index contributed by atoms with van der Waals surface area (Å²) in [5.74, 6) is 0.147. The summed E-state index contributed by atoms with van der Waals surface area (Å²) >= 11 is 0. The van der Waals surface area contributed by atoms with Gasteiger partial charge in [-0.15, -0.1) is 0 Å². The van der Waals surface area contributed by atoms with Gasteiger partial charge in [-0.05, 0) is 56.4 Å². The number of fused-ring (bicyclic) bond motifs is 2. The number of likely N-dealkylation sites (N-methyl/N-ethyl adjacent to an activating group) is 1. The summed E-state index contributed by atoms with van der Waals surface area (Å²) in [7, 11) is 1.67. The highest BCUT2D eigenvalue weighted by Crippen LogP contribution is 2.43. The number of aromatic nitrogens is 1. The molecule has 0 radical (unpaired) electrons. The molecule has 0 fully saturated rings. The Labute approximate surface area is 151 Å². The summed E-state index contributed by atoms with van der Waals surface area (Å²) in [5, 5.41) is 0.638. The third kappa shape index (κ3) is 2.42. The number of nitrogens with zero attached hydrogens (tertiary/aromatic N) is 2. The quantitative estimate of drug-likeness (QED) is 0.551. The maximum Gasteiger partial charge on any atom is 0.268 e. The lowest BCUT2D eigenvalue weighted by atomic mass is 10.00. The van der Waals surface area contributed by atoms with Crippen LogP contribution in [-0.2, 0) is 16.4 Å². The predicted molar refractivity (Wildman–Crippen MR) is 98.7 cm³/mol. The molecule has 0 amide bonds. The Morgan fingerprint density at radius 2 is 1.92 bits per heavy atom. The molecule has 5 nitrogen and oxygen atoms in total. The summed E-state index contributed by atoms with van der Waals surface area (Å²) < 4.78 is 47.2. The molecule has 136 valence electrons. The van der Waals surface area contributed by atoms with Gasteiger partial charge in [0, 0.05) is 29.3 Å². The van der Waals surface area contributed by atoms with Crippen LogP contribution in [0.2, 0.25) is 0 Å². The molecule has 0 saturated heterocycles. The van der Waals surface area contributed by atoms with E-state index in [4.69, 9.17) is 4.74 Å². The maximum absolute atomic E-state index is 14.4. The lowest BCUT2D eigenvalue weighted by Gasteiger charge is -2.20. The van der Waals surface area contributed by atoms with Crippen LogP contribution in [0.15, 0.2) is 41.4 Å². The van der Waals surface area contributed by atoms with Crippen molar-refractivity contribution in [2.45, 2.75) is 11.3 Å². The van der Waals surface area contributed by atoms with Gasteiger partial charge in [-0.25, -0.2) is 16.8 Å². The monoisotopic (exact) mass is 374 g/mol. The molecule has 7 heteroatoms. The Balaban J connectivity index is 2.07. The molecule has 0 atom stereocenters. The first kappa shape index (κ1) is 17.1. The first-order chi connectivity index (χ1) is 12.3. The van der Waals surface area contributed by atoms with Crippen LogP contribution < -0.4 is 4.74 Å². The molecule has 3 aromatic rings. The molecule has 0 spiro atoms. The Morgan fingerprint density at radius 3 is 2.62 bits per heavy atom. The molecule has 0 N–H and O–H groups in total. The molecule has 0 bridgehead atoms. The van der Waals surface area contributed by atoms with E-state index >= 15 is 0 Å². The number of halogens is 1. The van der Waals surface area contributed by atoms with Gasteiger partial charge in [0.25, 0.3) is 10.0 Å². The minimum Gasteiger partial charge on any atom is -0.497 e. The Morgan fingerprint density at radius 1 is 1.15 bits per heavy atom. The molecular weight excluding hydrogens is 355 g/mol. The van der Waals surface area contributed by atoms with Crippen molar-refractivity contribution in [3.8, 4) is 16.9 Å². The molecule has 0 aliphatic carbocycles. The Bertz CT molecular complexity index is 1130. The first-order valence-corrected chi connectivity index (χ1v) is 9.69. The highest BCUT2D eigenvalue weighted by atomic mass is 32.2. The average molecular weight is 374 g/mol. The van der Waals surface area contributed by atoms with Crippen LogP contribution in [0.5, 0.6) is 5.75 Å². The van der Waals surface area contributed by atoms with Gasteiger partial charge in [0.05, 0.1) is 17.5 Å². The van der Waals surface area contributed by atoms with Crippen molar-refractivity contribution < 1.29 is 17.5 Å². The molecule has 4 rings (SSSR count). The van der Waals surface area contributed by atoms with Crippen LogP contribution in [0.25, 0.3) is 22.0 Å². The van der Waals surface area contributed by atoms with Crippen molar-refractivity contribution >= 4 is 20.9 Å². The number of ether oxygens (including phenoxy) is 1. The van der Waals surface area contributed by atoms with Crippen molar-refractivity contribution in [1.29, 1.82) is 0 Å². The van der Waals surface area contributed by atoms with E-state index < -0.39 is 10.0 Å². The van der Waals surface area contributed by atoms with Gasteiger partial charge in [0.2, 0.25) is 0 Å². The van der Waals surface area contributed by atoms with E-state index in [9.17, 15) is 12.8 Å². The normalized spacial score (nSPS) is 14.7. The van der Waals surface area contributed by atoms with Crippen molar-refractivity contribution in [2.24, 2.45) is 0 Å². The zero-order valence-corrected chi connectivity index (χ0v) is 15.6. The van der Waals surface area contributed by atoms with E-state index in [0.717, 1.165) is 12.1 Å². The first-order valence-electron chi connectivity index (χ1n) is 8.25. The van der Waals surface area contributed by atoms with Gasteiger partial charge in [0.1, 0.15) is 11.6 Å². The topological polar surface area (TPSA) is 51.5 Å². The van der Waals surface area contributed by atoms with Crippen molar-refractivity contribution in [3.63, 3.8) is 0 Å². The molecule has 1 aromatic heterocycles. The largest absolute Gasteiger partial charge is 0.497 e. The fourth-order valence-electron chi connectivity index (χ4n) is 3.47. The number of hydrogen-bond acceptors (Lipinski definition) is 4. The summed E-state index contributed by atoms with van der Waals surface area (Å²) in [4.78, 5) is 2.17. The predicted octanol–water partition coefficient (Wildman–Crippen LogP) is 3.11. The summed E-state index contributed by atoms with van der Waals surface area (Å²) in [6, 6.07) is 7.58. The lowest BCUT2D eigenvalue weighted by Crippen LogP contribution is -2.17. The summed E-state index contributed by atoms with van der Waals surface area (Å²) in [6.07, 6.45) is 2.26. The fourth-order valence-corrected chi connectivity index (χ4v) is 5.07. The molecule has 2 aromatic carbocycles. The minimum absolute atomic E-state index is 0.160. The van der Waals surface area contributed by atoms with E-state index in [1.807, 2.05) is 19.0 Å². The van der Waals surface area contributed by atoms with E-state index in [2.05, 4.69) is 0 Å². The van der Waals surface area contributed by atoms with Crippen molar-refractivity contribution in [3.05, 3.63) is 47.9 Å². The second-order valence-electron chi connectivity index (χ2n) is 6.72. The van der Waals surface area contributed by atoms with Gasteiger partial charge in [0.15, 0.2) is 0 Å². The molecule has 26 heavy (non-hydrogen) atoms. The molecule has 0 unspecified atom stereocenters. The fraction of sp³-hybridized carbons (Fsp3) is 0.263. The third-order valence-corrected chi connectivity index (χ3v) is 6.47. The SMILES string of the molecule is COc1ccc2c(c1)-c1cc(F)cc3c(CCN(C)C)cn(c13)S2(=O)=O. The maximum atomic E-state index is 14.4. The second-order valence-corrected chi connectivity index (χ2v) is 8.50. The van der Waals surface area contributed by atoms with E-state index in [-0.39, 0.29) is 10.7 Å². The van der Waals surface area contributed by atoms with Gasteiger partial charge in [-0.1, -0.05) is 0 Å². The highest BCUT2D eigenvalue weighted by Gasteiger charge is 2.32. The van der Waals surface area contributed by atoms with Crippen molar-refractivity contribution in [2.75, 3.05) is 27.7 Å². The molecule has 1 aliphatic heterocycles. The van der Waals surface area contributed by atoms with E-state index in [1.165, 1.54) is 29.3 Å². The van der Waals surface area contributed by atoms with Crippen LogP contribution in [0, 0.1) is 5.82 Å². The van der Waals surface area contributed by atoms with Gasteiger partial charge >= 0.3 is 0 Å². The standard InChI is InChI=1S/C19H19FN2O3S/c1-21(2)7-6-12-11-22-19-15(12)8-13(20)9-17(19)16-10-14(25-3)4-5-18(16)26(22,23)24/h4-5,8-11H,6-7H2,1-3H3. The number of benzene rings is 2. The molecule has 2 heterocycles. The molecule has 1 aliphatic rings. The van der Waals surface area contributed by atoms with Crippen LogP contribution >= 0.6 is 0 Å². The number of methoxy groups -OCH3 is 1. The van der Waals surface area contributed by atoms with E-state index in [0.29, 0.717) is 34.2 Å². The second kappa shape index (κ2) is 5.82. The van der Waals surface area contributed by atoms with Gasteiger partial charge in [-0.3, -0.25) is 0 Å². The molecular formula is C19H19FN2O3S. The van der Waals surface area contributed by atoms with E-state index in [1.54, 1.807) is 18.3 Å². The zero-order valence-electron chi connectivity index (χ0n) is 14.8. The van der Waals surface area contributed by atoms with Gasteiger partial charge < -0.3 is 9.64 Å². The Kier molecular flexibility index (Phi) is 3.82. The summed E-state index contributed by atoms with van der Waals surface area (Å²) in [6.45, 7) is 0.742. The average Bonchev–Trinajstić information content (AvgIpc) is 2.97. The zero-order chi connectivity index (χ0) is 18.6. The van der Waals surface area contributed by atoms with Crippen LogP contribution in [-0.4, -0.2) is 45.0 Å². The lowest BCUT2D eigenvalue weighted by molar-refractivity contribution is 0.414. The minimum atomic E-state index is -3.74. The number of rotatable bonds is 4. The van der Waals surface area contributed by atoms with Crippen LogP contribution in [0.1, 0.15) is 5.56 Å².